The molecular weight excluding hydrogens is 216 g/mol. The minimum Gasteiger partial charge on any atom is -0.383 e. The van der Waals surface area contributed by atoms with E-state index in [1.54, 1.807) is 7.11 Å². The fraction of sp³-hybridized carbons (Fsp3) is 0.923. The number of carbonyl (C=O) groups excluding carboxylic acids is 1. The van der Waals surface area contributed by atoms with Crippen LogP contribution in [0.5, 0.6) is 0 Å². The van der Waals surface area contributed by atoms with Gasteiger partial charge in [0.1, 0.15) is 0 Å². The monoisotopic (exact) mass is 242 g/mol. The quantitative estimate of drug-likeness (QED) is 0.734. The van der Waals surface area contributed by atoms with Gasteiger partial charge in [-0.2, -0.15) is 0 Å². The van der Waals surface area contributed by atoms with Crippen molar-refractivity contribution in [1.82, 2.24) is 10.2 Å². The van der Waals surface area contributed by atoms with Gasteiger partial charge in [0, 0.05) is 32.2 Å². The SMILES string of the molecule is CCC(C)N(CCOC)C(=O)CC1CCCN1. The maximum absolute atomic E-state index is 12.2. The molecule has 4 nitrogen and oxygen atoms in total. The van der Waals surface area contributed by atoms with Gasteiger partial charge in [-0.25, -0.2) is 0 Å². The van der Waals surface area contributed by atoms with Crippen molar-refractivity contribution in [3.63, 3.8) is 0 Å². The number of carbonyl (C=O) groups is 1. The van der Waals surface area contributed by atoms with E-state index in [0.29, 0.717) is 31.7 Å². The number of nitrogens with one attached hydrogen (secondary N) is 1. The van der Waals surface area contributed by atoms with Crippen LogP contribution in [0.4, 0.5) is 0 Å². The van der Waals surface area contributed by atoms with Crippen LogP contribution in [0.3, 0.4) is 0 Å². The maximum Gasteiger partial charge on any atom is 0.224 e. The molecular formula is C13H26N2O2. The van der Waals surface area contributed by atoms with Crippen molar-refractivity contribution in [3.05, 3.63) is 0 Å². The molecule has 1 rings (SSSR count). The van der Waals surface area contributed by atoms with Gasteiger partial charge in [-0.05, 0) is 32.7 Å². The summed E-state index contributed by atoms with van der Waals surface area (Å²) in [5.74, 6) is 0.260. The smallest absolute Gasteiger partial charge is 0.224 e. The molecule has 0 spiro atoms. The summed E-state index contributed by atoms with van der Waals surface area (Å²) in [7, 11) is 1.68. The Labute approximate surface area is 105 Å². The Morgan fingerprint density at radius 1 is 1.59 bits per heavy atom. The Kier molecular flexibility index (Phi) is 6.52. The van der Waals surface area contributed by atoms with Crippen LogP contribution in [-0.4, -0.2) is 49.7 Å². The lowest BCUT2D eigenvalue weighted by molar-refractivity contribution is -0.134. The topological polar surface area (TPSA) is 41.6 Å². The molecule has 0 radical (unpaired) electrons. The lowest BCUT2D eigenvalue weighted by atomic mass is 10.1. The van der Waals surface area contributed by atoms with Gasteiger partial charge in [-0.15, -0.1) is 0 Å². The molecule has 2 atom stereocenters. The number of hydrogen-bond donors (Lipinski definition) is 1. The van der Waals surface area contributed by atoms with Gasteiger partial charge in [0.2, 0.25) is 5.91 Å². The van der Waals surface area contributed by atoms with E-state index in [4.69, 9.17) is 4.74 Å². The minimum atomic E-state index is 0.260. The first-order chi connectivity index (χ1) is 8.19. The third kappa shape index (κ3) is 4.64. The molecule has 0 aliphatic carbocycles. The molecule has 100 valence electrons. The summed E-state index contributed by atoms with van der Waals surface area (Å²) in [4.78, 5) is 14.2. The minimum absolute atomic E-state index is 0.260. The first kappa shape index (κ1) is 14.5. The van der Waals surface area contributed by atoms with E-state index in [9.17, 15) is 4.79 Å². The van der Waals surface area contributed by atoms with Crippen molar-refractivity contribution in [2.45, 2.75) is 51.6 Å². The van der Waals surface area contributed by atoms with E-state index < -0.39 is 0 Å². The first-order valence-electron chi connectivity index (χ1n) is 6.70. The van der Waals surface area contributed by atoms with E-state index in [-0.39, 0.29) is 5.91 Å². The molecule has 0 aromatic heterocycles. The van der Waals surface area contributed by atoms with Gasteiger partial charge < -0.3 is 15.0 Å². The summed E-state index contributed by atoms with van der Waals surface area (Å²) in [5.41, 5.74) is 0. The molecule has 1 saturated heterocycles. The Balaban J connectivity index is 2.45. The van der Waals surface area contributed by atoms with Crippen molar-refractivity contribution in [2.75, 3.05) is 26.8 Å². The third-order valence-corrected chi connectivity index (χ3v) is 3.56. The number of methoxy groups -OCH3 is 1. The van der Waals surface area contributed by atoms with Crippen molar-refractivity contribution in [1.29, 1.82) is 0 Å². The van der Waals surface area contributed by atoms with Crippen LogP contribution >= 0.6 is 0 Å². The van der Waals surface area contributed by atoms with Gasteiger partial charge in [0.25, 0.3) is 0 Å². The molecule has 1 N–H and O–H groups in total. The van der Waals surface area contributed by atoms with E-state index >= 15 is 0 Å². The zero-order valence-corrected chi connectivity index (χ0v) is 11.4. The second-order valence-corrected chi connectivity index (χ2v) is 4.83. The van der Waals surface area contributed by atoms with Crippen LogP contribution in [0.15, 0.2) is 0 Å². The second-order valence-electron chi connectivity index (χ2n) is 4.83. The van der Waals surface area contributed by atoms with Crippen LogP contribution in [0.25, 0.3) is 0 Å². The molecule has 0 aromatic carbocycles. The summed E-state index contributed by atoms with van der Waals surface area (Å²) >= 11 is 0. The fourth-order valence-corrected chi connectivity index (χ4v) is 2.26. The van der Waals surface area contributed by atoms with Crippen LogP contribution < -0.4 is 5.32 Å². The van der Waals surface area contributed by atoms with Crippen LogP contribution in [-0.2, 0) is 9.53 Å². The lowest BCUT2D eigenvalue weighted by Crippen LogP contribution is -2.42. The Morgan fingerprint density at radius 3 is 2.88 bits per heavy atom. The Morgan fingerprint density at radius 2 is 2.35 bits per heavy atom. The Bertz CT molecular complexity index is 227. The summed E-state index contributed by atoms with van der Waals surface area (Å²) in [6.45, 7) is 6.60. The molecule has 1 aliphatic heterocycles. The highest BCUT2D eigenvalue weighted by molar-refractivity contribution is 5.77. The number of nitrogens with zero attached hydrogens (tertiary/aromatic N) is 1. The fourth-order valence-electron chi connectivity index (χ4n) is 2.26. The normalized spacial score (nSPS) is 21.5. The van der Waals surface area contributed by atoms with Crippen LogP contribution in [0.1, 0.15) is 39.5 Å². The third-order valence-electron chi connectivity index (χ3n) is 3.56. The first-order valence-corrected chi connectivity index (χ1v) is 6.70. The van der Waals surface area contributed by atoms with Gasteiger partial charge in [0.15, 0.2) is 0 Å². The molecule has 0 saturated carbocycles. The maximum atomic E-state index is 12.2. The Hall–Kier alpha value is -0.610. The summed E-state index contributed by atoms with van der Waals surface area (Å²) in [6, 6.07) is 0.690. The average Bonchev–Trinajstić information content (AvgIpc) is 2.81. The van der Waals surface area contributed by atoms with Crippen LogP contribution in [0, 0.1) is 0 Å². The predicted molar refractivity (Wildman–Crippen MR) is 69.0 cm³/mol. The van der Waals surface area contributed by atoms with Crippen LogP contribution in [0.2, 0.25) is 0 Å². The predicted octanol–water partition coefficient (Wildman–Crippen LogP) is 1.40. The molecule has 0 aromatic rings. The van der Waals surface area contributed by atoms with Gasteiger partial charge in [0.05, 0.1) is 6.61 Å². The van der Waals surface area contributed by atoms with Crippen molar-refractivity contribution in [3.8, 4) is 0 Å². The van der Waals surface area contributed by atoms with E-state index in [1.807, 2.05) is 4.90 Å². The molecule has 2 unspecified atom stereocenters. The number of ether oxygens (including phenoxy) is 1. The standard InChI is InChI=1S/C13H26N2O2/c1-4-11(2)15(8-9-17-3)13(16)10-12-6-5-7-14-12/h11-12,14H,4-10H2,1-3H3. The van der Waals surface area contributed by atoms with Crippen molar-refractivity contribution < 1.29 is 9.53 Å². The summed E-state index contributed by atoms with van der Waals surface area (Å²) in [6.07, 6.45) is 3.95. The number of hydrogen-bond acceptors (Lipinski definition) is 3. The van der Waals surface area contributed by atoms with Gasteiger partial charge >= 0.3 is 0 Å². The van der Waals surface area contributed by atoms with Crippen molar-refractivity contribution >= 4 is 5.91 Å². The average molecular weight is 242 g/mol. The zero-order chi connectivity index (χ0) is 12.7. The lowest BCUT2D eigenvalue weighted by Gasteiger charge is -2.29. The van der Waals surface area contributed by atoms with E-state index in [0.717, 1.165) is 19.4 Å². The highest BCUT2D eigenvalue weighted by Gasteiger charge is 2.23. The molecule has 1 heterocycles. The second kappa shape index (κ2) is 7.67. The molecule has 1 amide bonds. The number of rotatable bonds is 7. The summed E-state index contributed by atoms with van der Waals surface area (Å²) in [5, 5.41) is 3.38. The van der Waals surface area contributed by atoms with Crippen molar-refractivity contribution in [2.24, 2.45) is 0 Å². The van der Waals surface area contributed by atoms with Gasteiger partial charge in [-0.3, -0.25) is 4.79 Å². The number of amides is 1. The highest BCUT2D eigenvalue weighted by atomic mass is 16.5. The molecule has 1 fully saturated rings. The highest BCUT2D eigenvalue weighted by Crippen LogP contribution is 2.13. The zero-order valence-electron chi connectivity index (χ0n) is 11.4. The van der Waals surface area contributed by atoms with Gasteiger partial charge in [-0.1, -0.05) is 6.92 Å². The largest absolute Gasteiger partial charge is 0.383 e. The molecule has 4 heteroatoms. The van der Waals surface area contributed by atoms with E-state index in [2.05, 4.69) is 19.2 Å². The molecule has 0 bridgehead atoms. The summed E-state index contributed by atoms with van der Waals surface area (Å²) < 4.78 is 5.08. The molecule has 17 heavy (non-hydrogen) atoms. The molecule has 1 aliphatic rings. The van der Waals surface area contributed by atoms with E-state index in [1.165, 1.54) is 6.42 Å².